The summed E-state index contributed by atoms with van der Waals surface area (Å²) in [6.07, 6.45) is 0.457. The van der Waals surface area contributed by atoms with E-state index >= 15 is 0 Å². The lowest BCUT2D eigenvalue weighted by atomic mass is 9.75. The minimum absolute atomic E-state index is 0.102. The van der Waals surface area contributed by atoms with Crippen molar-refractivity contribution in [2.75, 3.05) is 19.7 Å². The maximum absolute atomic E-state index is 13.1. The predicted molar refractivity (Wildman–Crippen MR) is 133 cm³/mol. The zero-order chi connectivity index (χ0) is 25.2. The molecule has 0 unspecified atom stereocenters. The number of carboxylic acid groups (broad SMARTS) is 1. The second-order valence-corrected chi connectivity index (χ2v) is 10.6. The molecule has 7 heteroatoms. The number of alkyl carbamates (subject to hydrolysis) is 1. The number of rotatable bonds is 6. The number of nitrogens with one attached hydrogen (secondary N) is 1. The zero-order valence-corrected chi connectivity index (χ0v) is 20.6. The van der Waals surface area contributed by atoms with Crippen LogP contribution in [0.15, 0.2) is 48.5 Å². The van der Waals surface area contributed by atoms with Crippen molar-refractivity contribution in [3.8, 4) is 11.1 Å². The Bertz CT molecular complexity index is 1050. The predicted octanol–water partition coefficient (Wildman–Crippen LogP) is 4.65. The highest BCUT2D eigenvalue weighted by Crippen LogP contribution is 2.44. The van der Waals surface area contributed by atoms with E-state index in [1.807, 2.05) is 36.4 Å². The van der Waals surface area contributed by atoms with E-state index < -0.39 is 24.5 Å². The normalized spacial score (nSPS) is 16.8. The molecule has 2 amide bonds. The molecule has 1 aliphatic heterocycles. The van der Waals surface area contributed by atoms with Gasteiger partial charge in [-0.25, -0.2) is 4.79 Å². The molecule has 0 bridgehead atoms. The van der Waals surface area contributed by atoms with Gasteiger partial charge in [-0.3, -0.25) is 9.59 Å². The van der Waals surface area contributed by atoms with E-state index in [2.05, 4.69) is 38.2 Å². The number of carboxylic acids is 1. The Hall–Kier alpha value is -3.35. The monoisotopic (exact) mass is 478 g/mol. The van der Waals surface area contributed by atoms with Crippen LogP contribution in [0.25, 0.3) is 11.1 Å². The first kappa shape index (κ1) is 24.8. The number of fused-ring (bicyclic) bond motifs is 3. The summed E-state index contributed by atoms with van der Waals surface area (Å²) < 4.78 is 5.54. The molecule has 2 N–H and O–H groups in total. The summed E-state index contributed by atoms with van der Waals surface area (Å²) in [5.74, 6) is -1.13. The standard InChI is InChI=1S/C28H34N2O5/c1-28(2,3)18-12-14-30(15-13-18)26(33)24(16-25(31)32)29-27(34)35-17-23-21-10-6-4-8-19(21)20-9-5-7-11-22(20)23/h4-11,18,23-24H,12-17H2,1-3H3,(H,29,34)(H,31,32)/t24-/m0/s1. The second-order valence-electron chi connectivity index (χ2n) is 10.6. The van der Waals surface area contributed by atoms with Crippen LogP contribution in [0.1, 0.15) is 57.1 Å². The number of carbonyl (C=O) groups is 3. The summed E-state index contributed by atoms with van der Waals surface area (Å²) in [5, 5.41) is 11.9. The number of benzene rings is 2. The molecule has 1 saturated heterocycles. The highest BCUT2D eigenvalue weighted by molar-refractivity contribution is 5.89. The molecule has 1 aliphatic carbocycles. The molecule has 1 atom stereocenters. The van der Waals surface area contributed by atoms with Gasteiger partial charge in [-0.05, 0) is 46.4 Å². The van der Waals surface area contributed by atoms with Gasteiger partial charge >= 0.3 is 12.1 Å². The van der Waals surface area contributed by atoms with Gasteiger partial charge in [-0.15, -0.1) is 0 Å². The molecule has 0 radical (unpaired) electrons. The summed E-state index contributed by atoms with van der Waals surface area (Å²) in [7, 11) is 0. The number of ether oxygens (including phenoxy) is 1. The van der Waals surface area contributed by atoms with Crippen molar-refractivity contribution in [2.24, 2.45) is 11.3 Å². The van der Waals surface area contributed by atoms with Crippen molar-refractivity contribution in [2.45, 2.75) is 52.0 Å². The SMILES string of the molecule is CC(C)(C)C1CCN(C(=O)[C@H](CC(=O)O)NC(=O)OCC2c3ccccc3-c3ccccc32)CC1. The molecule has 0 spiro atoms. The van der Waals surface area contributed by atoms with E-state index in [4.69, 9.17) is 4.74 Å². The minimum Gasteiger partial charge on any atom is -0.481 e. The zero-order valence-electron chi connectivity index (χ0n) is 20.6. The van der Waals surface area contributed by atoms with Crippen molar-refractivity contribution >= 4 is 18.0 Å². The average molecular weight is 479 g/mol. The van der Waals surface area contributed by atoms with E-state index in [1.54, 1.807) is 4.90 Å². The van der Waals surface area contributed by atoms with E-state index in [9.17, 15) is 19.5 Å². The fourth-order valence-electron chi connectivity index (χ4n) is 5.34. The van der Waals surface area contributed by atoms with E-state index in [0.717, 1.165) is 35.1 Å². The molecule has 1 fully saturated rings. The van der Waals surface area contributed by atoms with Crippen LogP contribution in [0.3, 0.4) is 0 Å². The maximum Gasteiger partial charge on any atom is 0.407 e. The average Bonchev–Trinajstić information content (AvgIpc) is 3.15. The van der Waals surface area contributed by atoms with Crippen LogP contribution in [0.4, 0.5) is 4.79 Å². The lowest BCUT2D eigenvalue weighted by Gasteiger charge is -2.39. The first-order valence-corrected chi connectivity index (χ1v) is 12.3. The van der Waals surface area contributed by atoms with Gasteiger partial charge in [0.2, 0.25) is 5.91 Å². The van der Waals surface area contributed by atoms with Crippen molar-refractivity contribution in [3.05, 3.63) is 59.7 Å². The molecular weight excluding hydrogens is 444 g/mol. The largest absolute Gasteiger partial charge is 0.481 e. The van der Waals surface area contributed by atoms with Crippen LogP contribution in [0.2, 0.25) is 0 Å². The van der Waals surface area contributed by atoms with E-state index in [-0.39, 0.29) is 23.8 Å². The number of hydrogen-bond acceptors (Lipinski definition) is 4. The third kappa shape index (κ3) is 5.50. The van der Waals surface area contributed by atoms with Gasteiger partial charge in [0.05, 0.1) is 6.42 Å². The molecule has 35 heavy (non-hydrogen) atoms. The highest BCUT2D eigenvalue weighted by atomic mass is 16.5. The van der Waals surface area contributed by atoms with Gasteiger partial charge in [0.25, 0.3) is 0 Å². The van der Waals surface area contributed by atoms with Crippen LogP contribution in [0.5, 0.6) is 0 Å². The van der Waals surface area contributed by atoms with Crippen molar-refractivity contribution < 1.29 is 24.2 Å². The minimum atomic E-state index is -1.16. The summed E-state index contributed by atoms with van der Waals surface area (Å²) >= 11 is 0. The first-order valence-electron chi connectivity index (χ1n) is 12.3. The third-order valence-electron chi connectivity index (χ3n) is 7.34. The highest BCUT2D eigenvalue weighted by Gasteiger charge is 2.35. The van der Waals surface area contributed by atoms with Crippen LogP contribution >= 0.6 is 0 Å². The lowest BCUT2D eigenvalue weighted by Crippen LogP contribution is -2.52. The summed E-state index contributed by atoms with van der Waals surface area (Å²) in [4.78, 5) is 38.9. The molecule has 4 rings (SSSR count). The van der Waals surface area contributed by atoms with Crippen LogP contribution in [0, 0.1) is 11.3 Å². The summed E-state index contributed by atoms with van der Waals surface area (Å²) in [5.41, 5.74) is 4.57. The molecule has 1 heterocycles. The van der Waals surface area contributed by atoms with E-state index in [0.29, 0.717) is 19.0 Å². The third-order valence-corrected chi connectivity index (χ3v) is 7.34. The summed E-state index contributed by atoms with van der Waals surface area (Å²) in [6, 6.07) is 14.9. The molecular formula is C28H34N2O5. The molecule has 0 saturated carbocycles. The van der Waals surface area contributed by atoms with Crippen LogP contribution in [-0.4, -0.2) is 53.7 Å². The number of aliphatic carboxylic acids is 1. The molecule has 2 aromatic rings. The van der Waals surface area contributed by atoms with Crippen molar-refractivity contribution in [3.63, 3.8) is 0 Å². The van der Waals surface area contributed by atoms with Gasteiger partial charge in [0, 0.05) is 19.0 Å². The summed E-state index contributed by atoms with van der Waals surface area (Å²) in [6.45, 7) is 7.81. The topological polar surface area (TPSA) is 95.9 Å². The Labute approximate surface area is 206 Å². The second kappa shape index (κ2) is 10.1. The first-order chi connectivity index (χ1) is 16.6. The number of amides is 2. The number of carbonyl (C=O) groups excluding carboxylic acids is 2. The van der Waals surface area contributed by atoms with Gasteiger partial charge in [-0.1, -0.05) is 69.3 Å². The Balaban J connectivity index is 1.39. The Morgan fingerprint density at radius 2 is 1.54 bits per heavy atom. The molecule has 7 nitrogen and oxygen atoms in total. The molecule has 2 aromatic carbocycles. The quantitative estimate of drug-likeness (QED) is 0.630. The van der Waals surface area contributed by atoms with Crippen LogP contribution in [-0.2, 0) is 14.3 Å². The van der Waals surface area contributed by atoms with E-state index in [1.165, 1.54) is 0 Å². The van der Waals surface area contributed by atoms with Gasteiger partial charge in [0.1, 0.15) is 12.6 Å². The smallest absolute Gasteiger partial charge is 0.407 e. The van der Waals surface area contributed by atoms with Crippen molar-refractivity contribution in [1.29, 1.82) is 0 Å². The number of likely N-dealkylation sites (tertiary alicyclic amines) is 1. The Kier molecular flexibility index (Phi) is 7.15. The molecule has 0 aromatic heterocycles. The number of nitrogens with zero attached hydrogens (tertiary/aromatic N) is 1. The lowest BCUT2D eigenvalue weighted by molar-refractivity contribution is -0.143. The number of hydrogen-bond donors (Lipinski definition) is 2. The van der Waals surface area contributed by atoms with Crippen LogP contribution < -0.4 is 5.32 Å². The number of piperidine rings is 1. The molecule has 186 valence electrons. The molecule has 2 aliphatic rings. The fraction of sp³-hybridized carbons (Fsp3) is 0.464. The Morgan fingerprint density at radius 3 is 2.06 bits per heavy atom. The fourth-order valence-corrected chi connectivity index (χ4v) is 5.34. The maximum atomic E-state index is 13.1. The van der Waals surface area contributed by atoms with Gasteiger partial charge in [0.15, 0.2) is 0 Å². The Morgan fingerprint density at radius 1 is 1.00 bits per heavy atom. The van der Waals surface area contributed by atoms with Gasteiger partial charge in [-0.2, -0.15) is 0 Å². The van der Waals surface area contributed by atoms with Gasteiger partial charge < -0.3 is 20.1 Å². The van der Waals surface area contributed by atoms with Crippen molar-refractivity contribution in [1.82, 2.24) is 10.2 Å².